The van der Waals surface area contributed by atoms with E-state index >= 15 is 0 Å². The zero-order valence-corrected chi connectivity index (χ0v) is 24.7. The molecule has 0 saturated heterocycles. The van der Waals surface area contributed by atoms with Crippen LogP contribution in [0, 0.1) is 69.2 Å². The van der Waals surface area contributed by atoms with Gasteiger partial charge in [0.05, 0.1) is 0 Å². The first-order chi connectivity index (χ1) is 17.3. The largest absolute Gasteiger partial charge is 0.523 e. The molecule has 0 aliphatic rings. The van der Waals surface area contributed by atoms with E-state index in [2.05, 4.69) is 8.37 Å². The Morgan fingerprint density at radius 2 is 0.590 bits per heavy atom. The molecule has 2 aromatic carbocycles. The molecule has 2 aromatic rings. The molecule has 14 heteroatoms. The number of rotatable bonds is 6. The van der Waals surface area contributed by atoms with Gasteiger partial charge in [-0.25, -0.2) is 8.37 Å². The van der Waals surface area contributed by atoms with Gasteiger partial charge in [0.1, 0.15) is 0 Å². The number of halogens is 6. The first-order valence-corrected chi connectivity index (χ1v) is 14.3. The van der Waals surface area contributed by atoms with Crippen molar-refractivity contribution in [2.45, 2.75) is 86.0 Å². The summed E-state index contributed by atoms with van der Waals surface area (Å²) in [5.41, 5.74) is -10.9. The van der Waals surface area contributed by atoms with Crippen molar-refractivity contribution in [1.82, 2.24) is 0 Å². The van der Waals surface area contributed by atoms with Crippen LogP contribution >= 0.6 is 0 Å². The van der Waals surface area contributed by atoms with Crippen LogP contribution in [-0.4, -0.2) is 27.9 Å². The van der Waals surface area contributed by atoms with E-state index in [1.165, 1.54) is 55.4 Å². The van der Waals surface area contributed by atoms with E-state index in [1.54, 1.807) is 13.8 Å². The maximum absolute atomic E-state index is 13.8. The van der Waals surface area contributed by atoms with Crippen molar-refractivity contribution in [2.24, 2.45) is 0 Å². The van der Waals surface area contributed by atoms with Crippen LogP contribution in [0.5, 0.6) is 0 Å². The topological polar surface area (TPSA) is 86.7 Å². The van der Waals surface area contributed by atoms with Gasteiger partial charge in [-0.2, -0.15) is 43.2 Å². The van der Waals surface area contributed by atoms with Crippen molar-refractivity contribution in [3.8, 4) is 0 Å². The van der Waals surface area contributed by atoms with Gasteiger partial charge in [0, 0.05) is 11.1 Å². The molecule has 220 valence electrons. The van der Waals surface area contributed by atoms with Crippen molar-refractivity contribution in [1.29, 1.82) is 0 Å². The lowest BCUT2D eigenvalue weighted by Crippen LogP contribution is -2.46. The highest BCUT2D eigenvalue weighted by molar-refractivity contribution is 7.88. The molecule has 6 nitrogen and oxygen atoms in total. The molecule has 0 aliphatic heterocycles. The predicted molar refractivity (Wildman–Crippen MR) is 133 cm³/mol. The second-order valence-electron chi connectivity index (χ2n) is 9.58. The Morgan fingerprint density at radius 1 is 0.410 bits per heavy atom. The monoisotopic (exact) mass is 604 g/mol. The molecule has 0 atom stereocenters. The van der Waals surface area contributed by atoms with Gasteiger partial charge in [-0.15, -0.1) is 0 Å². The normalized spacial score (nSPS) is 13.7. The Kier molecular flexibility index (Phi) is 8.50. The third-order valence-electron chi connectivity index (χ3n) is 7.68. The number of alkyl halides is 6. The van der Waals surface area contributed by atoms with E-state index in [1.807, 2.05) is 0 Å². The van der Waals surface area contributed by atoms with Crippen LogP contribution in [0.4, 0.5) is 26.3 Å². The zero-order valence-electron chi connectivity index (χ0n) is 23.0. The highest BCUT2D eigenvalue weighted by Gasteiger charge is 2.61. The lowest BCUT2D eigenvalue weighted by atomic mass is 9.78. The Balaban J connectivity index is 3.48. The molecule has 39 heavy (non-hydrogen) atoms. The summed E-state index contributed by atoms with van der Waals surface area (Å²) in [6, 6.07) is 0. The summed E-state index contributed by atoms with van der Waals surface area (Å²) in [6.45, 7) is 14.6. The number of benzene rings is 2. The summed E-state index contributed by atoms with van der Waals surface area (Å²) < 4.78 is 142. The zero-order chi connectivity index (χ0) is 30.8. The fourth-order valence-electron chi connectivity index (χ4n) is 4.70. The average Bonchev–Trinajstić information content (AvgIpc) is 2.77. The standard InChI is InChI=1S/C25H30F6O6S2/c1-11-13(3)17(7)21(18(8)14(11)4)23(36-38(32,33)24(26,27)28,37-39(34,35)25(29,30)31)22-19(9)15(5)12(2)16(6)20(22)10/h1-10H3. The molecular weight excluding hydrogens is 574 g/mol. The van der Waals surface area contributed by atoms with Gasteiger partial charge in [-0.1, -0.05) is 0 Å². The minimum atomic E-state index is -6.77. The van der Waals surface area contributed by atoms with Crippen LogP contribution in [0.25, 0.3) is 0 Å². The summed E-state index contributed by atoms with van der Waals surface area (Å²) in [7, 11) is -13.5. The molecule has 0 spiro atoms. The third-order valence-corrected chi connectivity index (χ3v) is 9.72. The van der Waals surface area contributed by atoms with Gasteiger partial charge in [-0.05, 0) is 125 Å². The maximum Gasteiger partial charge on any atom is 0.523 e. The van der Waals surface area contributed by atoms with E-state index in [0.29, 0.717) is 33.4 Å². The summed E-state index contributed by atoms with van der Waals surface area (Å²) in [6.07, 6.45) is 0. The highest BCUT2D eigenvalue weighted by Crippen LogP contribution is 2.50. The molecule has 0 aliphatic carbocycles. The molecule has 0 bridgehead atoms. The van der Waals surface area contributed by atoms with Crippen molar-refractivity contribution in [3.63, 3.8) is 0 Å². The molecule has 2 rings (SSSR count). The molecule has 0 saturated carbocycles. The molecule has 0 N–H and O–H groups in total. The van der Waals surface area contributed by atoms with Gasteiger partial charge in [0.25, 0.3) is 5.79 Å². The fourth-order valence-corrected chi connectivity index (χ4v) is 5.95. The smallest absolute Gasteiger partial charge is 0.218 e. The van der Waals surface area contributed by atoms with Gasteiger partial charge < -0.3 is 0 Å². The molecule has 0 amide bonds. The second-order valence-corrected chi connectivity index (χ2v) is 12.7. The Bertz CT molecular complexity index is 1380. The summed E-state index contributed by atoms with van der Waals surface area (Å²) in [4.78, 5) is 0. The maximum atomic E-state index is 13.8. The van der Waals surface area contributed by atoms with E-state index < -0.39 is 48.2 Å². The van der Waals surface area contributed by atoms with Gasteiger partial charge in [0.15, 0.2) is 0 Å². The lowest BCUT2D eigenvalue weighted by molar-refractivity contribution is -0.125. The molecule has 0 aromatic heterocycles. The Morgan fingerprint density at radius 3 is 0.769 bits per heavy atom. The van der Waals surface area contributed by atoms with E-state index in [0.717, 1.165) is 0 Å². The summed E-state index contributed by atoms with van der Waals surface area (Å²) in [5, 5.41) is 0. The van der Waals surface area contributed by atoms with Crippen LogP contribution in [-0.2, 0) is 34.4 Å². The molecular formula is C25H30F6O6S2. The van der Waals surface area contributed by atoms with Crippen LogP contribution in [0.15, 0.2) is 0 Å². The minimum absolute atomic E-state index is 0.0139. The van der Waals surface area contributed by atoms with Crippen molar-refractivity contribution < 1.29 is 51.5 Å². The SMILES string of the molecule is Cc1c(C)c(C)c(C(OS(=O)(=O)C(F)(F)F)(OS(=O)(=O)C(F)(F)F)c2c(C)c(C)c(C)c(C)c2C)c(C)c1C. The van der Waals surface area contributed by atoms with Crippen LogP contribution < -0.4 is 0 Å². The third kappa shape index (κ3) is 5.32. The van der Waals surface area contributed by atoms with E-state index in [4.69, 9.17) is 0 Å². The second kappa shape index (κ2) is 10.0. The quantitative estimate of drug-likeness (QED) is 0.158. The lowest BCUT2D eigenvalue weighted by Gasteiger charge is -2.39. The average molecular weight is 605 g/mol. The number of hydrogen-bond acceptors (Lipinski definition) is 6. The van der Waals surface area contributed by atoms with E-state index in [-0.39, 0.29) is 22.3 Å². The highest BCUT2D eigenvalue weighted by atomic mass is 32.2. The molecule has 0 fully saturated rings. The van der Waals surface area contributed by atoms with Crippen molar-refractivity contribution >= 4 is 20.2 Å². The predicted octanol–water partition coefficient (Wildman–Crippen LogP) is 6.70. The first-order valence-electron chi connectivity index (χ1n) is 11.5. The summed E-state index contributed by atoms with van der Waals surface area (Å²) in [5.74, 6) is -3.74. The van der Waals surface area contributed by atoms with E-state index in [9.17, 15) is 43.2 Å². The minimum Gasteiger partial charge on any atom is -0.218 e. The van der Waals surface area contributed by atoms with Crippen molar-refractivity contribution in [3.05, 3.63) is 66.8 Å². The summed E-state index contributed by atoms with van der Waals surface area (Å²) >= 11 is 0. The Hall–Kier alpha value is -2.16. The van der Waals surface area contributed by atoms with Crippen LogP contribution in [0.3, 0.4) is 0 Å². The first kappa shape index (κ1) is 33.0. The Labute approximate surface area is 224 Å². The van der Waals surface area contributed by atoms with Crippen LogP contribution in [0.1, 0.15) is 66.8 Å². The fraction of sp³-hybridized carbons (Fsp3) is 0.520. The molecule has 0 heterocycles. The molecule has 0 unspecified atom stereocenters. The van der Waals surface area contributed by atoms with Gasteiger partial charge in [0.2, 0.25) is 0 Å². The van der Waals surface area contributed by atoms with Crippen LogP contribution in [0.2, 0.25) is 0 Å². The number of hydrogen-bond donors (Lipinski definition) is 0. The van der Waals surface area contributed by atoms with Crippen molar-refractivity contribution in [2.75, 3.05) is 0 Å². The van der Waals surface area contributed by atoms with Gasteiger partial charge >= 0.3 is 31.3 Å². The van der Waals surface area contributed by atoms with Gasteiger partial charge in [-0.3, -0.25) is 0 Å². The molecule has 0 radical (unpaired) electrons.